The van der Waals surface area contributed by atoms with Crippen molar-refractivity contribution in [3.63, 3.8) is 0 Å². The Kier molecular flexibility index (Phi) is 6.74. The van der Waals surface area contributed by atoms with Gasteiger partial charge in [0.15, 0.2) is 5.17 Å². The number of nitro benzene ring substituents is 2. The molecule has 1 saturated heterocycles. The molecular formula is C23H17N5O5S. The molecule has 0 aromatic heterocycles. The second-order valence-electron chi connectivity index (χ2n) is 7.23. The van der Waals surface area contributed by atoms with Crippen molar-refractivity contribution in [2.45, 2.75) is 11.7 Å². The fourth-order valence-corrected chi connectivity index (χ4v) is 4.49. The first-order chi connectivity index (χ1) is 16.4. The number of thioether (sulfide) groups is 1. The van der Waals surface area contributed by atoms with Crippen LogP contribution in [0.4, 0.5) is 17.1 Å². The van der Waals surface area contributed by atoms with Crippen LogP contribution in [-0.2, 0) is 11.2 Å². The molecule has 1 atom stereocenters. The van der Waals surface area contributed by atoms with Gasteiger partial charge in [-0.1, -0.05) is 54.2 Å². The molecule has 0 saturated carbocycles. The Bertz CT molecular complexity index is 1310. The van der Waals surface area contributed by atoms with E-state index in [1.54, 1.807) is 48.5 Å². The first-order valence-corrected chi connectivity index (χ1v) is 10.9. The van der Waals surface area contributed by atoms with Gasteiger partial charge >= 0.3 is 0 Å². The number of para-hydroxylation sites is 1. The quantitative estimate of drug-likeness (QED) is 0.279. The minimum atomic E-state index is -0.547. The fraction of sp³-hybridized carbons (Fsp3) is 0.0870. The zero-order chi connectivity index (χ0) is 24.1. The number of nitrogens with zero attached hydrogens (tertiary/aromatic N) is 5. The highest BCUT2D eigenvalue weighted by atomic mass is 32.2. The van der Waals surface area contributed by atoms with E-state index in [1.165, 1.54) is 47.1 Å². The van der Waals surface area contributed by atoms with Gasteiger partial charge in [-0.3, -0.25) is 29.9 Å². The Hall–Kier alpha value is -4.38. The molecule has 3 aromatic rings. The normalized spacial score (nSPS) is 16.9. The van der Waals surface area contributed by atoms with Crippen molar-refractivity contribution in [3.8, 4) is 0 Å². The van der Waals surface area contributed by atoms with Crippen LogP contribution in [0.25, 0.3) is 0 Å². The van der Waals surface area contributed by atoms with Gasteiger partial charge in [-0.15, -0.1) is 5.10 Å². The van der Waals surface area contributed by atoms with Crippen LogP contribution >= 0.6 is 11.8 Å². The lowest BCUT2D eigenvalue weighted by Crippen LogP contribution is -2.32. The first-order valence-electron chi connectivity index (χ1n) is 10.1. The van der Waals surface area contributed by atoms with Crippen molar-refractivity contribution >= 4 is 46.1 Å². The molecule has 1 aliphatic heterocycles. The van der Waals surface area contributed by atoms with Crippen molar-refractivity contribution in [3.05, 3.63) is 110 Å². The molecular weight excluding hydrogens is 458 g/mol. The molecule has 0 unspecified atom stereocenters. The molecule has 34 heavy (non-hydrogen) atoms. The molecule has 0 radical (unpaired) electrons. The molecule has 0 N–H and O–H groups in total. The molecule has 0 bridgehead atoms. The van der Waals surface area contributed by atoms with E-state index in [-0.39, 0.29) is 23.7 Å². The highest BCUT2D eigenvalue weighted by Gasteiger charge is 2.39. The molecule has 10 nitrogen and oxygen atoms in total. The highest BCUT2D eigenvalue weighted by molar-refractivity contribution is 8.16. The molecule has 170 valence electrons. The summed E-state index contributed by atoms with van der Waals surface area (Å²) in [6.07, 6.45) is 1.66. The number of amidine groups is 1. The van der Waals surface area contributed by atoms with Crippen LogP contribution in [0.2, 0.25) is 0 Å². The van der Waals surface area contributed by atoms with E-state index in [2.05, 4.69) is 10.2 Å². The summed E-state index contributed by atoms with van der Waals surface area (Å²) >= 11 is 1.21. The Labute approximate surface area is 197 Å². The van der Waals surface area contributed by atoms with Crippen molar-refractivity contribution < 1.29 is 14.6 Å². The summed E-state index contributed by atoms with van der Waals surface area (Å²) in [5.41, 5.74) is 1.67. The SMILES string of the molecule is O=C1[C@H](Cc2cccc([N+](=O)[O-])c2)SC(=NN=Cc2cccc([N+](=O)[O-])c2)N1c1ccccc1. The van der Waals surface area contributed by atoms with Gasteiger partial charge in [-0.25, -0.2) is 0 Å². The number of benzene rings is 3. The predicted octanol–water partition coefficient (Wildman–Crippen LogP) is 4.58. The highest BCUT2D eigenvalue weighted by Crippen LogP contribution is 2.34. The van der Waals surface area contributed by atoms with E-state index in [1.807, 2.05) is 6.07 Å². The van der Waals surface area contributed by atoms with Gasteiger partial charge in [0, 0.05) is 29.8 Å². The van der Waals surface area contributed by atoms with E-state index in [4.69, 9.17) is 0 Å². The standard InChI is InChI=1S/C23H17N5O5S/c29-22-21(14-16-6-4-10-19(12-16)27(30)31)34-23(26(22)18-8-2-1-3-9-18)25-24-15-17-7-5-11-20(13-17)28(32)33/h1-13,15,21H,14H2/t21-/m0/s1. The van der Waals surface area contributed by atoms with Gasteiger partial charge in [-0.05, 0) is 24.1 Å². The average molecular weight is 475 g/mol. The fourth-order valence-electron chi connectivity index (χ4n) is 3.36. The molecule has 1 aliphatic rings. The number of nitro groups is 2. The smallest absolute Gasteiger partial charge is 0.270 e. The van der Waals surface area contributed by atoms with Gasteiger partial charge in [0.05, 0.1) is 27.0 Å². The third kappa shape index (κ3) is 5.15. The Morgan fingerprint density at radius 1 is 0.912 bits per heavy atom. The van der Waals surface area contributed by atoms with Crippen LogP contribution in [0, 0.1) is 20.2 Å². The molecule has 1 amide bonds. The number of hydrogen-bond donors (Lipinski definition) is 0. The third-order valence-electron chi connectivity index (χ3n) is 4.92. The number of rotatable bonds is 7. The summed E-state index contributed by atoms with van der Waals surface area (Å²) in [7, 11) is 0. The summed E-state index contributed by atoms with van der Waals surface area (Å²) in [6.45, 7) is 0. The maximum Gasteiger partial charge on any atom is 0.270 e. The Morgan fingerprint density at radius 2 is 1.59 bits per heavy atom. The van der Waals surface area contributed by atoms with Crippen LogP contribution < -0.4 is 4.90 Å². The van der Waals surface area contributed by atoms with Gasteiger partial charge in [0.25, 0.3) is 11.4 Å². The van der Waals surface area contributed by atoms with E-state index >= 15 is 0 Å². The molecule has 1 fully saturated rings. The van der Waals surface area contributed by atoms with Crippen LogP contribution in [0.1, 0.15) is 11.1 Å². The molecule has 11 heteroatoms. The number of non-ortho nitro benzene ring substituents is 2. The molecule has 1 heterocycles. The maximum atomic E-state index is 13.3. The molecule has 0 spiro atoms. The minimum Gasteiger partial charge on any atom is -0.273 e. The van der Waals surface area contributed by atoms with Crippen molar-refractivity contribution in [2.24, 2.45) is 10.2 Å². The molecule has 3 aromatic carbocycles. The lowest BCUT2D eigenvalue weighted by atomic mass is 10.1. The lowest BCUT2D eigenvalue weighted by Gasteiger charge is -2.15. The monoisotopic (exact) mass is 475 g/mol. The van der Waals surface area contributed by atoms with E-state index in [0.29, 0.717) is 22.0 Å². The second-order valence-corrected chi connectivity index (χ2v) is 8.40. The summed E-state index contributed by atoms with van der Waals surface area (Å²) in [5, 5.41) is 30.1. The van der Waals surface area contributed by atoms with Gasteiger partial charge < -0.3 is 0 Å². The third-order valence-corrected chi connectivity index (χ3v) is 6.05. The van der Waals surface area contributed by atoms with Crippen LogP contribution in [0.15, 0.2) is 89.1 Å². The Morgan fingerprint density at radius 3 is 2.29 bits per heavy atom. The zero-order valence-electron chi connectivity index (χ0n) is 17.6. The van der Waals surface area contributed by atoms with Crippen molar-refractivity contribution in [1.82, 2.24) is 0 Å². The average Bonchev–Trinajstić information content (AvgIpc) is 3.14. The predicted molar refractivity (Wildman–Crippen MR) is 130 cm³/mol. The van der Waals surface area contributed by atoms with E-state index in [0.717, 1.165) is 0 Å². The maximum absolute atomic E-state index is 13.3. The topological polar surface area (TPSA) is 131 Å². The van der Waals surface area contributed by atoms with Crippen LogP contribution in [-0.4, -0.2) is 32.4 Å². The summed E-state index contributed by atoms with van der Waals surface area (Å²) < 4.78 is 0. The molecule has 0 aliphatic carbocycles. The van der Waals surface area contributed by atoms with Crippen molar-refractivity contribution in [2.75, 3.05) is 4.90 Å². The van der Waals surface area contributed by atoms with Gasteiger partial charge in [0.2, 0.25) is 5.91 Å². The number of amides is 1. The van der Waals surface area contributed by atoms with Gasteiger partial charge in [0.1, 0.15) is 0 Å². The van der Waals surface area contributed by atoms with E-state index in [9.17, 15) is 25.0 Å². The van der Waals surface area contributed by atoms with Crippen LogP contribution in [0.5, 0.6) is 0 Å². The largest absolute Gasteiger partial charge is 0.273 e. The molecule has 4 rings (SSSR count). The number of anilines is 1. The summed E-state index contributed by atoms with van der Waals surface area (Å²) in [4.78, 5) is 35.8. The Balaban J connectivity index is 1.61. The van der Waals surface area contributed by atoms with Gasteiger partial charge in [-0.2, -0.15) is 5.10 Å². The summed E-state index contributed by atoms with van der Waals surface area (Å²) in [5.74, 6) is -0.216. The second kappa shape index (κ2) is 10.0. The van der Waals surface area contributed by atoms with E-state index < -0.39 is 15.1 Å². The minimum absolute atomic E-state index is 0.0386. The first kappa shape index (κ1) is 22.8. The number of carbonyl (C=O) groups excluding carboxylic acids is 1. The zero-order valence-corrected chi connectivity index (χ0v) is 18.4. The van der Waals surface area contributed by atoms with Crippen molar-refractivity contribution in [1.29, 1.82) is 0 Å². The number of carbonyl (C=O) groups is 1. The lowest BCUT2D eigenvalue weighted by molar-refractivity contribution is -0.385. The van der Waals surface area contributed by atoms with Crippen LogP contribution in [0.3, 0.4) is 0 Å². The number of hydrogen-bond acceptors (Lipinski definition) is 8. The summed E-state index contributed by atoms with van der Waals surface area (Å²) in [6, 6.07) is 21.1.